The molecule has 0 aliphatic heterocycles. The molecular weight excluding hydrogens is 425 g/mol. The Balaban J connectivity index is 1.53. The Morgan fingerprint density at radius 2 is 1.39 bits per heavy atom. The van der Waals surface area contributed by atoms with Gasteiger partial charge in [0.15, 0.2) is 11.6 Å². The lowest BCUT2D eigenvalue weighted by molar-refractivity contribution is 0.0727. The molecule has 0 aliphatic rings. The number of ether oxygens (including phenoxy) is 1. The van der Waals surface area contributed by atoms with Crippen molar-refractivity contribution in [1.29, 1.82) is 0 Å². The molecule has 0 bridgehead atoms. The average Bonchev–Trinajstić information content (AvgIpc) is 2.83. The minimum Gasteiger partial charge on any atom is -0.420 e. The van der Waals surface area contributed by atoms with Crippen LogP contribution in [0.4, 0.5) is 13.2 Å². The van der Waals surface area contributed by atoms with Crippen molar-refractivity contribution in [3.8, 4) is 28.0 Å². The summed E-state index contributed by atoms with van der Waals surface area (Å²) in [5.74, 6) is -3.92. The molecule has 4 rings (SSSR count). The molecule has 0 aliphatic carbocycles. The maximum atomic E-state index is 14.6. The summed E-state index contributed by atoms with van der Waals surface area (Å²) in [6.07, 6.45) is 0.597. The van der Waals surface area contributed by atoms with Gasteiger partial charge in [0.25, 0.3) is 0 Å². The van der Waals surface area contributed by atoms with Gasteiger partial charge in [-0.15, -0.1) is 0 Å². The summed E-state index contributed by atoms with van der Waals surface area (Å²) in [5, 5.41) is 0. The van der Waals surface area contributed by atoms with Gasteiger partial charge in [-0.3, -0.25) is 0 Å². The zero-order valence-electron chi connectivity index (χ0n) is 18.2. The van der Waals surface area contributed by atoms with E-state index < -0.39 is 23.4 Å². The molecule has 0 heterocycles. The first-order valence-electron chi connectivity index (χ1n) is 10.5. The molecule has 4 aromatic rings. The summed E-state index contributed by atoms with van der Waals surface area (Å²) in [4.78, 5) is 12.5. The highest BCUT2D eigenvalue weighted by molar-refractivity contribution is 5.91. The van der Waals surface area contributed by atoms with Crippen LogP contribution >= 0.6 is 0 Å². The van der Waals surface area contributed by atoms with Crippen molar-refractivity contribution in [2.24, 2.45) is 0 Å². The van der Waals surface area contributed by atoms with Crippen molar-refractivity contribution in [3.05, 3.63) is 113 Å². The molecule has 0 unspecified atom stereocenters. The first-order valence-corrected chi connectivity index (χ1v) is 10.5. The fourth-order valence-corrected chi connectivity index (χ4v) is 3.54. The molecular formula is C28H21F3O2. The standard InChI is InChI=1S/C28H21F3O2/c1-3-18-8-13-22(16-24(18)29)19-9-11-21(12-10-19)28(32)33-25-15-14-23(26(30)27(25)31)20-6-4-17(2)5-7-20/h4-16H,3H2,1-2H3. The third-order valence-electron chi connectivity index (χ3n) is 5.50. The molecule has 0 saturated carbocycles. The fourth-order valence-electron chi connectivity index (χ4n) is 3.54. The lowest BCUT2D eigenvalue weighted by Gasteiger charge is -2.10. The van der Waals surface area contributed by atoms with Crippen LogP contribution in [-0.4, -0.2) is 5.97 Å². The second-order valence-electron chi connectivity index (χ2n) is 7.73. The van der Waals surface area contributed by atoms with Crippen LogP contribution in [0, 0.1) is 24.4 Å². The Morgan fingerprint density at radius 1 is 0.758 bits per heavy atom. The van der Waals surface area contributed by atoms with Crippen LogP contribution in [0.15, 0.2) is 78.9 Å². The van der Waals surface area contributed by atoms with Gasteiger partial charge in [0.05, 0.1) is 5.56 Å². The highest BCUT2D eigenvalue weighted by Gasteiger charge is 2.19. The van der Waals surface area contributed by atoms with E-state index in [1.807, 2.05) is 19.9 Å². The van der Waals surface area contributed by atoms with E-state index in [2.05, 4.69) is 0 Å². The fraction of sp³-hybridized carbons (Fsp3) is 0.107. The molecule has 33 heavy (non-hydrogen) atoms. The van der Waals surface area contributed by atoms with Crippen LogP contribution < -0.4 is 4.74 Å². The normalized spacial score (nSPS) is 10.8. The predicted octanol–water partition coefficient (Wildman–Crippen LogP) is 7.53. The quantitative estimate of drug-likeness (QED) is 0.234. The lowest BCUT2D eigenvalue weighted by atomic mass is 10.0. The van der Waals surface area contributed by atoms with Crippen molar-refractivity contribution in [1.82, 2.24) is 0 Å². The lowest BCUT2D eigenvalue weighted by Crippen LogP contribution is -2.10. The van der Waals surface area contributed by atoms with E-state index in [0.717, 1.165) is 5.56 Å². The van der Waals surface area contributed by atoms with Crippen molar-refractivity contribution in [2.45, 2.75) is 20.3 Å². The number of hydrogen-bond acceptors (Lipinski definition) is 2. The Morgan fingerprint density at radius 3 is 2.03 bits per heavy atom. The third kappa shape index (κ3) is 4.67. The van der Waals surface area contributed by atoms with Crippen molar-refractivity contribution >= 4 is 5.97 Å². The highest BCUT2D eigenvalue weighted by atomic mass is 19.2. The number of halogens is 3. The van der Waals surface area contributed by atoms with E-state index in [9.17, 15) is 18.0 Å². The molecule has 4 aromatic carbocycles. The number of esters is 1. The van der Waals surface area contributed by atoms with Crippen molar-refractivity contribution in [2.75, 3.05) is 0 Å². The van der Waals surface area contributed by atoms with Crippen LogP contribution in [0.3, 0.4) is 0 Å². The summed E-state index contributed by atoms with van der Waals surface area (Å²) in [6.45, 7) is 3.78. The van der Waals surface area contributed by atoms with Crippen LogP contribution in [0.2, 0.25) is 0 Å². The molecule has 0 N–H and O–H groups in total. The third-order valence-corrected chi connectivity index (χ3v) is 5.50. The molecule has 0 atom stereocenters. The van der Waals surface area contributed by atoms with Crippen LogP contribution in [0.25, 0.3) is 22.3 Å². The van der Waals surface area contributed by atoms with Gasteiger partial charge in [0, 0.05) is 5.56 Å². The van der Waals surface area contributed by atoms with Gasteiger partial charge in [-0.2, -0.15) is 4.39 Å². The first-order chi connectivity index (χ1) is 15.9. The number of aryl methyl sites for hydroxylation is 2. The Labute approximate surface area is 190 Å². The van der Waals surface area contributed by atoms with E-state index in [1.54, 1.807) is 42.5 Å². The summed E-state index contributed by atoms with van der Waals surface area (Å²) < 4.78 is 48.4. The maximum Gasteiger partial charge on any atom is 0.343 e. The Bertz CT molecular complexity index is 1310. The topological polar surface area (TPSA) is 26.3 Å². The molecule has 0 spiro atoms. The van der Waals surface area contributed by atoms with Gasteiger partial charge in [-0.1, -0.05) is 61.0 Å². The summed E-state index contributed by atoms with van der Waals surface area (Å²) in [5.41, 5.74) is 3.77. The van der Waals surface area contributed by atoms with Crippen LogP contribution in [-0.2, 0) is 6.42 Å². The minimum atomic E-state index is -1.23. The number of rotatable bonds is 5. The second-order valence-corrected chi connectivity index (χ2v) is 7.73. The molecule has 5 heteroatoms. The summed E-state index contributed by atoms with van der Waals surface area (Å²) >= 11 is 0. The SMILES string of the molecule is CCc1ccc(-c2ccc(C(=O)Oc3ccc(-c4ccc(C)cc4)c(F)c3F)cc2)cc1F. The van der Waals surface area contributed by atoms with Crippen LogP contribution in [0.5, 0.6) is 5.75 Å². The number of carbonyl (C=O) groups excluding carboxylic acids is 1. The molecule has 0 radical (unpaired) electrons. The largest absolute Gasteiger partial charge is 0.420 e. The second kappa shape index (κ2) is 9.33. The van der Waals surface area contributed by atoms with Gasteiger partial charge in [0.1, 0.15) is 5.82 Å². The van der Waals surface area contributed by atoms with Crippen molar-refractivity contribution in [3.63, 3.8) is 0 Å². The van der Waals surface area contributed by atoms with E-state index in [-0.39, 0.29) is 16.9 Å². The monoisotopic (exact) mass is 446 g/mol. The highest BCUT2D eigenvalue weighted by Crippen LogP contribution is 2.31. The molecule has 2 nitrogen and oxygen atoms in total. The molecule has 166 valence electrons. The molecule has 0 fully saturated rings. The van der Waals surface area contributed by atoms with E-state index in [1.165, 1.54) is 30.3 Å². The zero-order chi connectivity index (χ0) is 23.5. The van der Waals surface area contributed by atoms with Gasteiger partial charge in [-0.25, -0.2) is 13.6 Å². The van der Waals surface area contributed by atoms with Gasteiger partial charge in [-0.05, 0) is 65.9 Å². The van der Waals surface area contributed by atoms with E-state index in [0.29, 0.717) is 28.7 Å². The maximum absolute atomic E-state index is 14.6. The number of hydrogen-bond donors (Lipinski definition) is 0. The minimum absolute atomic E-state index is 0.0815. The van der Waals surface area contributed by atoms with E-state index in [4.69, 9.17) is 4.74 Å². The smallest absolute Gasteiger partial charge is 0.343 e. The van der Waals surface area contributed by atoms with E-state index >= 15 is 0 Å². The zero-order valence-corrected chi connectivity index (χ0v) is 18.2. The molecule has 0 saturated heterocycles. The number of carbonyl (C=O) groups is 1. The van der Waals surface area contributed by atoms with Crippen molar-refractivity contribution < 1.29 is 22.7 Å². The summed E-state index contributed by atoms with van der Waals surface area (Å²) in [6, 6.07) is 20.9. The molecule has 0 amide bonds. The Hall–Kier alpha value is -3.86. The predicted molar refractivity (Wildman–Crippen MR) is 123 cm³/mol. The van der Waals surface area contributed by atoms with Gasteiger partial charge in [0.2, 0.25) is 5.82 Å². The van der Waals surface area contributed by atoms with Gasteiger partial charge >= 0.3 is 5.97 Å². The van der Waals surface area contributed by atoms with Gasteiger partial charge < -0.3 is 4.74 Å². The summed E-state index contributed by atoms with van der Waals surface area (Å²) in [7, 11) is 0. The number of benzene rings is 4. The molecule has 0 aromatic heterocycles. The first kappa shape index (κ1) is 22.3. The van der Waals surface area contributed by atoms with Crippen LogP contribution in [0.1, 0.15) is 28.4 Å². The Kier molecular flexibility index (Phi) is 6.31. The average molecular weight is 446 g/mol.